The summed E-state index contributed by atoms with van der Waals surface area (Å²) in [6.45, 7) is 2.90. The number of carbonyl (C=O) groups is 2. The highest BCUT2D eigenvalue weighted by molar-refractivity contribution is 5.94. The van der Waals surface area contributed by atoms with E-state index in [4.69, 9.17) is 9.47 Å². The summed E-state index contributed by atoms with van der Waals surface area (Å²) in [7, 11) is 3.16. The van der Waals surface area contributed by atoms with Crippen LogP contribution in [0.5, 0.6) is 11.5 Å². The molecule has 1 fully saturated rings. The largest absolute Gasteiger partial charge is 0.497 e. The lowest BCUT2D eigenvalue weighted by Crippen LogP contribution is -2.43. The van der Waals surface area contributed by atoms with Gasteiger partial charge in [-0.1, -0.05) is 6.07 Å². The maximum Gasteiger partial charge on any atom is 0.246 e. The number of ether oxygens (including phenoxy) is 2. The Labute approximate surface area is 176 Å². The summed E-state index contributed by atoms with van der Waals surface area (Å²) in [4.78, 5) is 31.3. The lowest BCUT2D eigenvalue weighted by Gasteiger charge is -2.31. The SMILES string of the molecule is COc1cc(C=CC(=O)N2CCCC(C(=O)Nc3cccc(C)n3)C2)cc(OC)c1. The van der Waals surface area contributed by atoms with E-state index in [9.17, 15) is 9.59 Å². The van der Waals surface area contributed by atoms with E-state index in [1.54, 1.807) is 37.3 Å². The first-order chi connectivity index (χ1) is 14.5. The van der Waals surface area contributed by atoms with Crippen molar-refractivity contribution in [1.29, 1.82) is 0 Å². The highest BCUT2D eigenvalue weighted by Gasteiger charge is 2.27. The highest BCUT2D eigenvalue weighted by Crippen LogP contribution is 2.24. The third-order valence-electron chi connectivity index (χ3n) is 5.04. The van der Waals surface area contributed by atoms with E-state index < -0.39 is 0 Å². The van der Waals surface area contributed by atoms with E-state index >= 15 is 0 Å². The van der Waals surface area contributed by atoms with Gasteiger partial charge < -0.3 is 19.7 Å². The Bertz CT molecular complexity index is 920. The second kappa shape index (κ2) is 9.91. The third kappa shape index (κ3) is 5.59. The monoisotopic (exact) mass is 409 g/mol. The van der Waals surface area contributed by atoms with Crippen LogP contribution in [0.1, 0.15) is 24.1 Å². The minimum absolute atomic E-state index is 0.105. The van der Waals surface area contributed by atoms with Crippen LogP contribution in [0.3, 0.4) is 0 Å². The number of anilines is 1. The van der Waals surface area contributed by atoms with Crippen LogP contribution in [-0.2, 0) is 9.59 Å². The van der Waals surface area contributed by atoms with Crippen molar-refractivity contribution < 1.29 is 19.1 Å². The van der Waals surface area contributed by atoms with Crippen molar-refractivity contribution >= 4 is 23.7 Å². The second-order valence-corrected chi connectivity index (χ2v) is 7.26. The molecule has 1 atom stereocenters. The van der Waals surface area contributed by atoms with Crippen molar-refractivity contribution in [3.8, 4) is 11.5 Å². The Hall–Kier alpha value is -3.35. The van der Waals surface area contributed by atoms with Crippen LogP contribution in [0, 0.1) is 12.8 Å². The van der Waals surface area contributed by atoms with Crippen LogP contribution in [0.4, 0.5) is 5.82 Å². The number of rotatable bonds is 6. The lowest BCUT2D eigenvalue weighted by atomic mass is 9.97. The number of aromatic nitrogens is 1. The molecule has 1 saturated heterocycles. The van der Waals surface area contributed by atoms with Crippen molar-refractivity contribution in [1.82, 2.24) is 9.88 Å². The number of likely N-dealkylation sites (tertiary alicyclic amines) is 1. The maximum atomic E-state index is 12.7. The van der Waals surface area contributed by atoms with E-state index in [1.165, 1.54) is 6.08 Å². The number of nitrogens with zero attached hydrogens (tertiary/aromatic N) is 2. The van der Waals surface area contributed by atoms with Crippen molar-refractivity contribution in [2.24, 2.45) is 5.92 Å². The fraction of sp³-hybridized carbons (Fsp3) is 0.348. The molecule has 1 aliphatic heterocycles. The first-order valence-corrected chi connectivity index (χ1v) is 9.93. The van der Waals surface area contributed by atoms with Crippen molar-refractivity contribution in [2.75, 3.05) is 32.6 Å². The molecule has 2 heterocycles. The maximum absolute atomic E-state index is 12.7. The number of nitrogens with one attached hydrogen (secondary N) is 1. The smallest absolute Gasteiger partial charge is 0.246 e. The van der Waals surface area contributed by atoms with Gasteiger partial charge in [0.1, 0.15) is 17.3 Å². The summed E-state index contributed by atoms with van der Waals surface area (Å²) in [5.74, 6) is 1.36. The molecule has 0 saturated carbocycles. The van der Waals surface area contributed by atoms with Crippen molar-refractivity contribution in [2.45, 2.75) is 19.8 Å². The summed E-state index contributed by atoms with van der Waals surface area (Å²) in [6.07, 6.45) is 4.79. The number of carbonyl (C=O) groups excluding carboxylic acids is 2. The summed E-state index contributed by atoms with van der Waals surface area (Å²) < 4.78 is 10.5. The molecule has 2 aromatic rings. The van der Waals surface area contributed by atoms with Gasteiger partial charge in [-0.05, 0) is 55.7 Å². The number of methoxy groups -OCH3 is 2. The summed E-state index contributed by atoms with van der Waals surface area (Å²) in [6, 6.07) is 10.9. The molecule has 7 heteroatoms. The Balaban J connectivity index is 1.62. The van der Waals surface area contributed by atoms with Crippen LogP contribution in [0.25, 0.3) is 6.08 Å². The number of aryl methyl sites for hydroxylation is 1. The van der Waals surface area contributed by atoms with Crippen LogP contribution in [0.15, 0.2) is 42.5 Å². The molecule has 1 N–H and O–H groups in total. The number of pyridine rings is 1. The van der Waals surface area contributed by atoms with Crippen LogP contribution < -0.4 is 14.8 Å². The molecule has 1 unspecified atom stereocenters. The van der Waals surface area contributed by atoms with E-state index in [2.05, 4.69) is 10.3 Å². The molecule has 1 aromatic heterocycles. The summed E-state index contributed by atoms with van der Waals surface area (Å²) in [5.41, 5.74) is 1.64. The number of hydrogen-bond acceptors (Lipinski definition) is 5. The van der Waals surface area contributed by atoms with Gasteiger partial charge in [0.15, 0.2) is 0 Å². The van der Waals surface area contributed by atoms with E-state index in [0.29, 0.717) is 30.4 Å². The molecule has 1 aromatic carbocycles. The van der Waals surface area contributed by atoms with Gasteiger partial charge in [-0.15, -0.1) is 0 Å². The van der Waals surface area contributed by atoms with Gasteiger partial charge in [-0.2, -0.15) is 0 Å². The topological polar surface area (TPSA) is 80.8 Å². The lowest BCUT2D eigenvalue weighted by molar-refractivity contribution is -0.130. The Morgan fingerprint density at radius 1 is 1.17 bits per heavy atom. The molecule has 7 nitrogen and oxygen atoms in total. The zero-order chi connectivity index (χ0) is 21.5. The predicted octanol–water partition coefficient (Wildman–Crippen LogP) is 3.30. The number of amides is 2. The minimum atomic E-state index is -0.254. The first kappa shape index (κ1) is 21.4. The van der Waals surface area contributed by atoms with Crippen molar-refractivity contribution in [3.63, 3.8) is 0 Å². The predicted molar refractivity (Wildman–Crippen MR) is 115 cm³/mol. The van der Waals surface area contributed by atoms with Crippen LogP contribution >= 0.6 is 0 Å². The first-order valence-electron chi connectivity index (χ1n) is 9.93. The summed E-state index contributed by atoms with van der Waals surface area (Å²) in [5, 5.41) is 2.86. The molecule has 0 radical (unpaired) electrons. The van der Waals surface area contributed by atoms with E-state index in [0.717, 1.165) is 24.1 Å². The highest BCUT2D eigenvalue weighted by atomic mass is 16.5. The quantitative estimate of drug-likeness (QED) is 0.741. The zero-order valence-corrected chi connectivity index (χ0v) is 17.6. The van der Waals surface area contributed by atoms with Gasteiger partial charge in [0, 0.05) is 30.9 Å². The molecule has 3 rings (SSSR count). The standard InChI is InChI=1S/C23H27N3O4/c1-16-6-4-8-21(24-16)25-23(28)18-7-5-11-26(15-18)22(27)10-9-17-12-19(29-2)14-20(13-17)30-3/h4,6,8-10,12-14,18H,5,7,11,15H2,1-3H3,(H,24,25,28). The Morgan fingerprint density at radius 3 is 2.57 bits per heavy atom. The molecule has 0 aliphatic carbocycles. The van der Waals surface area contributed by atoms with E-state index in [-0.39, 0.29) is 17.7 Å². The van der Waals surface area contributed by atoms with Crippen molar-refractivity contribution in [3.05, 3.63) is 53.7 Å². The van der Waals surface area contributed by atoms with Gasteiger partial charge in [0.05, 0.1) is 20.1 Å². The number of benzene rings is 1. The average molecular weight is 409 g/mol. The number of piperidine rings is 1. The fourth-order valence-corrected chi connectivity index (χ4v) is 3.43. The fourth-order valence-electron chi connectivity index (χ4n) is 3.43. The molecule has 0 spiro atoms. The molecule has 158 valence electrons. The number of hydrogen-bond donors (Lipinski definition) is 1. The second-order valence-electron chi connectivity index (χ2n) is 7.26. The van der Waals surface area contributed by atoms with Gasteiger partial charge >= 0.3 is 0 Å². The third-order valence-corrected chi connectivity index (χ3v) is 5.04. The molecule has 0 bridgehead atoms. The van der Waals surface area contributed by atoms with Crippen LogP contribution in [0.2, 0.25) is 0 Å². The normalized spacial score (nSPS) is 16.4. The Morgan fingerprint density at radius 2 is 1.90 bits per heavy atom. The van der Waals surface area contributed by atoms with Gasteiger partial charge in [-0.3, -0.25) is 9.59 Å². The van der Waals surface area contributed by atoms with Gasteiger partial charge in [0.25, 0.3) is 0 Å². The molecule has 1 aliphatic rings. The Kier molecular flexibility index (Phi) is 7.06. The molecule has 2 amide bonds. The van der Waals surface area contributed by atoms with Gasteiger partial charge in [-0.25, -0.2) is 4.98 Å². The molecule has 30 heavy (non-hydrogen) atoms. The molecular formula is C23H27N3O4. The van der Waals surface area contributed by atoms with Gasteiger partial charge in [0.2, 0.25) is 11.8 Å². The van der Waals surface area contributed by atoms with E-state index in [1.807, 2.05) is 31.2 Å². The average Bonchev–Trinajstić information content (AvgIpc) is 2.77. The zero-order valence-electron chi connectivity index (χ0n) is 17.6. The molecular weight excluding hydrogens is 382 g/mol. The summed E-state index contributed by atoms with van der Waals surface area (Å²) >= 11 is 0. The van der Waals surface area contributed by atoms with Crippen LogP contribution in [-0.4, -0.2) is 49.0 Å². The minimum Gasteiger partial charge on any atom is -0.497 e.